The van der Waals surface area contributed by atoms with Gasteiger partial charge in [0.1, 0.15) is 0 Å². The molecule has 0 aromatic rings. The van der Waals surface area contributed by atoms with E-state index in [-0.39, 0.29) is 11.2 Å². The smallest absolute Gasteiger partial charge is 0.228 e. The first-order valence-electron chi connectivity index (χ1n) is 7.77. The van der Waals surface area contributed by atoms with E-state index in [1.165, 1.54) is 12.8 Å². The summed E-state index contributed by atoms with van der Waals surface area (Å²) in [6.45, 7) is 5.15. The highest BCUT2D eigenvalue weighted by Gasteiger charge is 2.46. The summed E-state index contributed by atoms with van der Waals surface area (Å²) in [5.41, 5.74) is -0.0537. The first-order valence-corrected chi connectivity index (χ1v) is 7.77. The van der Waals surface area contributed by atoms with Crippen LogP contribution in [0.3, 0.4) is 0 Å². The lowest BCUT2D eigenvalue weighted by Crippen LogP contribution is -2.51. The maximum Gasteiger partial charge on any atom is 0.228 e. The number of piperidine rings is 1. The lowest BCUT2D eigenvalue weighted by atomic mass is 9.81. The summed E-state index contributed by atoms with van der Waals surface area (Å²) in [6, 6.07) is 0. The van der Waals surface area contributed by atoms with Crippen molar-refractivity contribution in [3.63, 3.8) is 0 Å². The Kier molecular flexibility index (Phi) is 3.56. The molecule has 3 aliphatic rings. The van der Waals surface area contributed by atoms with Crippen molar-refractivity contribution in [3.05, 3.63) is 0 Å². The number of carbonyl (C=O) groups is 1. The molecule has 1 amide bonds. The van der Waals surface area contributed by atoms with Gasteiger partial charge in [0.25, 0.3) is 0 Å². The van der Waals surface area contributed by atoms with E-state index in [9.17, 15) is 4.79 Å². The predicted octanol–water partition coefficient (Wildman–Crippen LogP) is 2.32. The number of ether oxygens (including phenoxy) is 2. The molecule has 0 unspecified atom stereocenters. The van der Waals surface area contributed by atoms with E-state index in [4.69, 9.17) is 9.47 Å². The number of likely N-dealkylation sites (tertiary alicyclic amines) is 1. The van der Waals surface area contributed by atoms with Gasteiger partial charge in [-0.15, -0.1) is 0 Å². The summed E-state index contributed by atoms with van der Waals surface area (Å²) in [7, 11) is 0. The second-order valence-electron chi connectivity index (χ2n) is 6.24. The van der Waals surface area contributed by atoms with Crippen molar-refractivity contribution >= 4 is 5.91 Å². The third-order valence-electron chi connectivity index (χ3n) is 5.32. The molecule has 1 spiro atoms. The van der Waals surface area contributed by atoms with Crippen LogP contribution >= 0.6 is 0 Å². The number of hydrogen-bond donors (Lipinski definition) is 0. The molecule has 3 fully saturated rings. The van der Waals surface area contributed by atoms with Gasteiger partial charge in [-0.1, -0.05) is 19.8 Å². The Bertz CT molecular complexity index is 333. The molecule has 0 atom stereocenters. The first kappa shape index (κ1) is 13.4. The monoisotopic (exact) mass is 267 g/mol. The van der Waals surface area contributed by atoms with Gasteiger partial charge in [-0.3, -0.25) is 4.79 Å². The molecule has 2 heterocycles. The summed E-state index contributed by atoms with van der Waals surface area (Å²) in [4.78, 5) is 14.9. The van der Waals surface area contributed by atoms with Gasteiger partial charge in [0.15, 0.2) is 5.79 Å². The normalized spacial score (nSPS) is 29.0. The van der Waals surface area contributed by atoms with E-state index in [1.807, 2.05) is 0 Å². The minimum atomic E-state index is -0.369. The fourth-order valence-corrected chi connectivity index (χ4v) is 3.94. The summed E-state index contributed by atoms with van der Waals surface area (Å²) in [5.74, 6) is 0.0200. The Labute approximate surface area is 115 Å². The number of rotatable bonds is 2. The van der Waals surface area contributed by atoms with E-state index >= 15 is 0 Å². The predicted molar refractivity (Wildman–Crippen MR) is 71.6 cm³/mol. The fraction of sp³-hybridized carbons (Fsp3) is 0.933. The van der Waals surface area contributed by atoms with Gasteiger partial charge in [-0.25, -0.2) is 0 Å². The molecule has 2 aliphatic heterocycles. The van der Waals surface area contributed by atoms with Gasteiger partial charge >= 0.3 is 0 Å². The molecule has 0 aromatic carbocycles. The van der Waals surface area contributed by atoms with E-state index in [0.29, 0.717) is 19.1 Å². The molecule has 4 heteroatoms. The Morgan fingerprint density at radius 3 is 2.16 bits per heavy atom. The topological polar surface area (TPSA) is 38.8 Å². The minimum absolute atomic E-state index is 0.0537. The van der Waals surface area contributed by atoms with Gasteiger partial charge in [-0.05, 0) is 19.3 Å². The van der Waals surface area contributed by atoms with E-state index < -0.39 is 0 Å². The third kappa shape index (κ3) is 2.29. The van der Waals surface area contributed by atoms with E-state index in [2.05, 4.69) is 11.8 Å². The maximum atomic E-state index is 12.8. The zero-order valence-electron chi connectivity index (χ0n) is 12.0. The van der Waals surface area contributed by atoms with Crippen LogP contribution in [0.15, 0.2) is 0 Å². The lowest BCUT2D eigenvalue weighted by Gasteiger charge is -2.41. The molecule has 0 N–H and O–H groups in total. The van der Waals surface area contributed by atoms with Crippen LogP contribution < -0.4 is 0 Å². The second-order valence-corrected chi connectivity index (χ2v) is 6.24. The molecule has 1 aliphatic carbocycles. The SMILES string of the molecule is CCC1(C(=O)N2CCC3(CC2)OCCO3)CCCC1. The van der Waals surface area contributed by atoms with Gasteiger partial charge in [0.2, 0.25) is 5.91 Å². The van der Waals surface area contributed by atoms with Crippen molar-refractivity contribution in [2.45, 2.75) is 57.7 Å². The van der Waals surface area contributed by atoms with Crippen LogP contribution in [0.25, 0.3) is 0 Å². The van der Waals surface area contributed by atoms with Crippen LogP contribution in [0, 0.1) is 5.41 Å². The average molecular weight is 267 g/mol. The van der Waals surface area contributed by atoms with Crippen LogP contribution in [0.2, 0.25) is 0 Å². The van der Waals surface area contributed by atoms with Crippen molar-refractivity contribution < 1.29 is 14.3 Å². The Morgan fingerprint density at radius 2 is 1.63 bits per heavy atom. The largest absolute Gasteiger partial charge is 0.347 e. The Balaban J connectivity index is 1.63. The highest BCUT2D eigenvalue weighted by Crippen LogP contribution is 2.43. The number of carbonyl (C=O) groups excluding carboxylic acids is 1. The molecular weight excluding hydrogens is 242 g/mol. The zero-order valence-corrected chi connectivity index (χ0v) is 12.0. The number of hydrogen-bond acceptors (Lipinski definition) is 3. The summed E-state index contributed by atoms with van der Waals surface area (Å²) in [5, 5.41) is 0. The average Bonchev–Trinajstić information content (AvgIpc) is 3.09. The van der Waals surface area contributed by atoms with Gasteiger partial charge in [-0.2, -0.15) is 0 Å². The summed E-state index contributed by atoms with van der Waals surface area (Å²) in [6.07, 6.45) is 7.23. The first-order chi connectivity index (χ1) is 9.20. The summed E-state index contributed by atoms with van der Waals surface area (Å²) < 4.78 is 11.5. The van der Waals surface area contributed by atoms with Crippen LogP contribution in [-0.2, 0) is 14.3 Å². The molecular formula is C15H25NO3. The maximum absolute atomic E-state index is 12.8. The van der Waals surface area contributed by atoms with E-state index in [1.54, 1.807) is 0 Å². The van der Waals surface area contributed by atoms with E-state index in [0.717, 1.165) is 45.2 Å². The molecule has 1 saturated carbocycles. The van der Waals surface area contributed by atoms with Crippen molar-refractivity contribution in [2.24, 2.45) is 5.41 Å². The molecule has 4 nitrogen and oxygen atoms in total. The third-order valence-corrected chi connectivity index (χ3v) is 5.32. The molecule has 0 radical (unpaired) electrons. The van der Waals surface area contributed by atoms with Crippen LogP contribution in [0.1, 0.15) is 51.9 Å². The number of amides is 1. The molecule has 19 heavy (non-hydrogen) atoms. The quantitative estimate of drug-likeness (QED) is 0.770. The van der Waals surface area contributed by atoms with Crippen molar-refractivity contribution in [1.82, 2.24) is 4.90 Å². The summed E-state index contributed by atoms with van der Waals surface area (Å²) >= 11 is 0. The van der Waals surface area contributed by atoms with Gasteiger partial charge in [0, 0.05) is 31.3 Å². The highest BCUT2D eigenvalue weighted by molar-refractivity contribution is 5.83. The molecule has 3 rings (SSSR count). The fourth-order valence-electron chi connectivity index (χ4n) is 3.94. The number of nitrogens with zero attached hydrogens (tertiary/aromatic N) is 1. The highest BCUT2D eigenvalue weighted by atomic mass is 16.7. The van der Waals surface area contributed by atoms with Crippen LogP contribution in [-0.4, -0.2) is 42.9 Å². The van der Waals surface area contributed by atoms with Crippen LogP contribution in [0.5, 0.6) is 0 Å². The Morgan fingerprint density at radius 1 is 1.05 bits per heavy atom. The molecule has 108 valence electrons. The standard InChI is InChI=1S/C15H25NO3/c1-2-14(5-3-4-6-14)13(17)16-9-7-15(8-10-16)18-11-12-19-15/h2-12H2,1H3. The van der Waals surface area contributed by atoms with Crippen molar-refractivity contribution in [1.29, 1.82) is 0 Å². The van der Waals surface area contributed by atoms with Gasteiger partial charge in [0.05, 0.1) is 13.2 Å². The lowest BCUT2D eigenvalue weighted by molar-refractivity contribution is -0.190. The van der Waals surface area contributed by atoms with Crippen molar-refractivity contribution in [3.8, 4) is 0 Å². The molecule has 0 aromatic heterocycles. The molecule has 0 bridgehead atoms. The van der Waals surface area contributed by atoms with Crippen LogP contribution in [0.4, 0.5) is 0 Å². The second kappa shape index (κ2) is 5.06. The van der Waals surface area contributed by atoms with Crippen molar-refractivity contribution in [2.75, 3.05) is 26.3 Å². The Hall–Kier alpha value is -0.610. The minimum Gasteiger partial charge on any atom is -0.347 e. The zero-order chi connectivity index (χ0) is 13.3. The molecule has 2 saturated heterocycles. The van der Waals surface area contributed by atoms with Gasteiger partial charge < -0.3 is 14.4 Å².